The summed E-state index contributed by atoms with van der Waals surface area (Å²) in [5.41, 5.74) is 2.07. The first-order chi connectivity index (χ1) is 6.75. The second-order valence-electron chi connectivity index (χ2n) is 3.05. The Morgan fingerprint density at radius 3 is 3.00 bits per heavy atom. The normalized spacial score (nSPS) is 10.4. The van der Waals surface area contributed by atoms with Crippen molar-refractivity contribution < 1.29 is 0 Å². The Bertz CT molecular complexity index is 386. The second kappa shape index (κ2) is 3.75. The quantitative estimate of drug-likeness (QED) is 0.825. The molecule has 2 aromatic heterocycles. The van der Waals surface area contributed by atoms with E-state index in [1.165, 1.54) is 11.7 Å². The molecule has 0 fully saturated rings. The van der Waals surface area contributed by atoms with Crippen LogP contribution in [-0.2, 0) is 13.6 Å². The van der Waals surface area contributed by atoms with Gasteiger partial charge in [-0.1, -0.05) is 0 Å². The predicted octanol–water partition coefficient (Wildman–Crippen LogP) is 1.19. The lowest BCUT2D eigenvalue weighted by Gasteiger charge is -1.97. The van der Waals surface area contributed by atoms with Gasteiger partial charge in [0.2, 0.25) is 0 Å². The summed E-state index contributed by atoms with van der Waals surface area (Å²) < 4.78 is 9.85. The largest absolute Gasteiger partial charge is 0.363 e. The predicted molar refractivity (Wildman–Crippen MR) is 55.2 cm³/mol. The van der Waals surface area contributed by atoms with E-state index in [2.05, 4.69) is 19.2 Å². The summed E-state index contributed by atoms with van der Waals surface area (Å²) in [6, 6.07) is 2.00. The van der Waals surface area contributed by atoms with Crippen LogP contribution >= 0.6 is 11.7 Å². The highest BCUT2D eigenvalue weighted by atomic mass is 32.1. The summed E-state index contributed by atoms with van der Waals surface area (Å²) in [4.78, 5) is 0. The fourth-order valence-electron chi connectivity index (χ4n) is 1.09. The Kier molecular flexibility index (Phi) is 2.45. The van der Waals surface area contributed by atoms with Gasteiger partial charge >= 0.3 is 0 Å². The van der Waals surface area contributed by atoms with Gasteiger partial charge < -0.3 is 5.32 Å². The molecule has 0 spiro atoms. The third-order valence-electron chi connectivity index (χ3n) is 1.97. The lowest BCUT2D eigenvalue weighted by atomic mass is 10.4. The van der Waals surface area contributed by atoms with Crippen LogP contribution in [0.3, 0.4) is 0 Å². The molecule has 6 heteroatoms. The number of aryl methyl sites for hydroxylation is 2. The molecule has 0 saturated carbocycles. The summed E-state index contributed by atoms with van der Waals surface area (Å²) in [5.74, 6) is 0.873. The molecule has 14 heavy (non-hydrogen) atoms. The molecule has 2 rings (SSSR count). The SMILES string of the molecule is Cc1cc(NCc2cnsn2)nn1C. The fourth-order valence-corrected chi connectivity index (χ4v) is 1.52. The number of anilines is 1. The molecule has 0 aromatic carbocycles. The molecular formula is C8H11N5S. The third kappa shape index (κ3) is 1.90. The molecule has 0 aliphatic carbocycles. The Hall–Kier alpha value is -1.43. The van der Waals surface area contributed by atoms with Gasteiger partial charge in [-0.25, -0.2) is 0 Å². The smallest absolute Gasteiger partial charge is 0.148 e. The molecule has 0 atom stereocenters. The molecule has 2 aromatic rings. The Morgan fingerprint density at radius 1 is 1.57 bits per heavy atom. The van der Waals surface area contributed by atoms with E-state index in [0.717, 1.165) is 17.2 Å². The zero-order valence-corrected chi connectivity index (χ0v) is 8.88. The zero-order valence-electron chi connectivity index (χ0n) is 8.06. The minimum Gasteiger partial charge on any atom is -0.363 e. The molecule has 0 aliphatic rings. The van der Waals surface area contributed by atoms with Crippen molar-refractivity contribution >= 4 is 17.5 Å². The van der Waals surface area contributed by atoms with Crippen molar-refractivity contribution in [3.8, 4) is 0 Å². The van der Waals surface area contributed by atoms with Crippen molar-refractivity contribution in [2.75, 3.05) is 5.32 Å². The van der Waals surface area contributed by atoms with Crippen LogP contribution in [0.4, 0.5) is 5.82 Å². The van der Waals surface area contributed by atoms with E-state index in [1.54, 1.807) is 6.20 Å². The van der Waals surface area contributed by atoms with E-state index >= 15 is 0 Å². The minimum atomic E-state index is 0.674. The third-order valence-corrected chi connectivity index (χ3v) is 2.49. The molecule has 74 valence electrons. The highest BCUT2D eigenvalue weighted by Crippen LogP contribution is 2.08. The lowest BCUT2D eigenvalue weighted by Crippen LogP contribution is -2.00. The maximum atomic E-state index is 4.27. The summed E-state index contributed by atoms with van der Waals surface area (Å²) in [7, 11) is 1.92. The van der Waals surface area contributed by atoms with Crippen molar-refractivity contribution in [3.05, 3.63) is 23.7 Å². The number of hydrogen-bond donors (Lipinski definition) is 1. The average molecular weight is 209 g/mol. The topological polar surface area (TPSA) is 55.6 Å². The van der Waals surface area contributed by atoms with E-state index in [4.69, 9.17) is 0 Å². The lowest BCUT2D eigenvalue weighted by molar-refractivity contribution is 0.740. The van der Waals surface area contributed by atoms with E-state index in [-0.39, 0.29) is 0 Å². The van der Waals surface area contributed by atoms with Crippen molar-refractivity contribution in [1.82, 2.24) is 18.5 Å². The van der Waals surface area contributed by atoms with Crippen LogP contribution in [0.15, 0.2) is 12.3 Å². The Labute approximate surface area is 86.1 Å². The van der Waals surface area contributed by atoms with Crippen molar-refractivity contribution in [2.45, 2.75) is 13.5 Å². The van der Waals surface area contributed by atoms with Gasteiger partial charge in [-0.3, -0.25) is 4.68 Å². The van der Waals surface area contributed by atoms with Gasteiger partial charge in [0, 0.05) is 18.8 Å². The molecule has 0 amide bonds. The zero-order chi connectivity index (χ0) is 9.97. The van der Waals surface area contributed by atoms with Crippen molar-refractivity contribution in [1.29, 1.82) is 0 Å². The number of nitrogens with one attached hydrogen (secondary N) is 1. The first-order valence-corrected chi connectivity index (χ1v) is 4.99. The standard InChI is InChI=1S/C8H11N5S/c1-6-3-8(11-13(6)2)9-4-7-5-10-14-12-7/h3,5H,4H2,1-2H3,(H,9,11). The number of nitrogens with zero attached hydrogens (tertiary/aromatic N) is 4. The number of rotatable bonds is 3. The summed E-state index contributed by atoms with van der Waals surface area (Å²) >= 11 is 1.22. The van der Waals surface area contributed by atoms with Gasteiger partial charge in [-0.05, 0) is 6.92 Å². The van der Waals surface area contributed by atoms with Crippen molar-refractivity contribution in [2.24, 2.45) is 7.05 Å². The van der Waals surface area contributed by atoms with Crippen LogP contribution in [0, 0.1) is 6.92 Å². The summed E-state index contributed by atoms with van der Waals surface area (Å²) in [6.07, 6.45) is 1.76. The maximum absolute atomic E-state index is 4.27. The van der Waals surface area contributed by atoms with Gasteiger partial charge in [-0.15, -0.1) is 0 Å². The first-order valence-electron chi connectivity index (χ1n) is 4.26. The summed E-state index contributed by atoms with van der Waals surface area (Å²) in [6.45, 7) is 2.69. The van der Waals surface area contributed by atoms with Gasteiger partial charge in [0.25, 0.3) is 0 Å². The molecule has 0 saturated heterocycles. The van der Waals surface area contributed by atoms with Crippen LogP contribution in [0.5, 0.6) is 0 Å². The van der Waals surface area contributed by atoms with E-state index in [0.29, 0.717) is 6.54 Å². The van der Waals surface area contributed by atoms with Crippen LogP contribution in [0.2, 0.25) is 0 Å². The number of hydrogen-bond acceptors (Lipinski definition) is 5. The van der Waals surface area contributed by atoms with Gasteiger partial charge in [0.1, 0.15) is 5.82 Å². The molecule has 0 bridgehead atoms. The first kappa shape index (κ1) is 9.14. The summed E-state index contributed by atoms with van der Waals surface area (Å²) in [5, 5.41) is 7.45. The Morgan fingerprint density at radius 2 is 2.43 bits per heavy atom. The highest BCUT2D eigenvalue weighted by Gasteiger charge is 2.01. The second-order valence-corrected chi connectivity index (χ2v) is 3.60. The molecule has 5 nitrogen and oxygen atoms in total. The van der Waals surface area contributed by atoms with Crippen LogP contribution in [-0.4, -0.2) is 18.5 Å². The van der Waals surface area contributed by atoms with Crippen LogP contribution in [0.25, 0.3) is 0 Å². The molecule has 0 radical (unpaired) electrons. The van der Waals surface area contributed by atoms with E-state index in [9.17, 15) is 0 Å². The van der Waals surface area contributed by atoms with Crippen LogP contribution < -0.4 is 5.32 Å². The Balaban J connectivity index is 1.98. The van der Waals surface area contributed by atoms with Gasteiger partial charge in [0.05, 0.1) is 30.2 Å². The minimum absolute atomic E-state index is 0.674. The average Bonchev–Trinajstić information content (AvgIpc) is 2.74. The molecular weight excluding hydrogens is 198 g/mol. The van der Waals surface area contributed by atoms with Crippen molar-refractivity contribution in [3.63, 3.8) is 0 Å². The fraction of sp³-hybridized carbons (Fsp3) is 0.375. The van der Waals surface area contributed by atoms with Crippen LogP contribution in [0.1, 0.15) is 11.4 Å². The molecule has 1 N–H and O–H groups in total. The maximum Gasteiger partial charge on any atom is 0.148 e. The van der Waals surface area contributed by atoms with Gasteiger partial charge in [-0.2, -0.15) is 13.8 Å². The number of aromatic nitrogens is 4. The monoisotopic (exact) mass is 209 g/mol. The molecule has 0 aliphatic heterocycles. The van der Waals surface area contributed by atoms with Gasteiger partial charge in [0.15, 0.2) is 0 Å². The molecule has 2 heterocycles. The van der Waals surface area contributed by atoms with E-state index in [1.807, 2.05) is 24.7 Å². The highest BCUT2D eigenvalue weighted by molar-refractivity contribution is 6.99. The molecule has 0 unspecified atom stereocenters. The van der Waals surface area contributed by atoms with E-state index < -0.39 is 0 Å².